The predicted molar refractivity (Wildman–Crippen MR) is 52.7 cm³/mol. The van der Waals surface area contributed by atoms with Gasteiger partial charge in [0.2, 0.25) is 0 Å². The molecule has 0 atom stereocenters. The molecule has 13 heavy (non-hydrogen) atoms. The zero-order valence-electron chi connectivity index (χ0n) is 8.42. The third-order valence-corrected chi connectivity index (χ3v) is 3.30. The summed E-state index contributed by atoms with van der Waals surface area (Å²) in [7, 11) is 1.91. The molecule has 76 valence electrons. The number of hydrogen-bond donors (Lipinski definition) is 2. The summed E-state index contributed by atoms with van der Waals surface area (Å²) >= 11 is 0. The van der Waals surface area contributed by atoms with E-state index >= 15 is 0 Å². The molecule has 2 fully saturated rings. The molecule has 0 bridgehead atoms. The minimum Gasteiger partial charge on any atom is -0.388 e. The van der Waals surface area contributed by atoms with Crippen LogP contribution in [0.4, 0.5) is 0 Å². The van der Waals surface area contributed by atoms with E-state index in [1.807, 2.05) is 7.05 Å². The van der Waals surface area contributed by atoms with Crippen molar-refractivity contribution in [1.82, 2.24) is 10.2 Å². The van der Waals surface area contributed by atoms with Gasteiger partial charge in [0, 0.05) is 25.7 Å². The van der Waals surface area contributed by atoms with Gasteiger partial charge in [0.1, 0.15) is 0 Å². The van der Waals surface area contributed by atoms with Crippen LogP contribution >= 0.6 is 0 Å². The number of nitrogens with zero attached hydrogens (tertiary/aromatic N) is 1. The first-order valence-corrected chi connectivity index (χ1v) is 5.34. The van der Waals surface area contributed by atoms with E-state index in [1.54, 1.807) is 0 Å². The maximum Gasteiger partial charge on any atom is 0.0795 e. The largest absolute Gasteiger partial charge is 0.388 e. The molecule has 3 nitrogen and oxygen atoms in total. The molecule has 0 aromatic rings. The van der Waals surface area contributed by atoms with Crippen LogP contribution < -0.4 is 5.32 Å². The number of nitrogens with one attached hydrogen (secondary N) is 1. The molecule has 1 saturated heterocycles. The standard InChI is InChI=1S/C10H20N2O/c1-11-8-10(13)4-6-12(7-5-10)9-2-3-9/h9,11,13H,2-8H2,1H3. The van der Waals surface area contributed by atoms with Crippen LogP contribution in [0.1, 0.15) is 25.7 Å². The van der Waals surface area contributed by atoms with E-state index in [1.165, 1.54) is 12.8 Å². The molecule has 2 aliphatic rings. The Hall–Kier alpha value is -0.120. The summed E-state index contributed by atoms with van der Waals surface area (Å²) in [5, 5.41) is 13.2. The van der Waals surface area contributed by atoms with E-state index in [9.17, 15) is 5.11 Å². The zero-order chi connectivity index (χ0) is 9.31. The van der Waals surface area contributed by atoms with Crippen molar-refractivity contribution >= 4 is 0 Å². The SMILES string of the molecule is CNCC1(O)CCN(C2CC2)CC1. The van der Waals surface area contributed by atoms with Gasteiger partial charge in [0.05, 0.1) is 5.60 Å². The summed E-state index contributed by atoms with van der Waals surface area (Å²) in [6.07, 6.45) is 4.63. The van der Waals surface area contributed by atoms with Crippen LogP contribution in [-0.4, -0.2) is 48.3 Å². The first-order valence-electron chi connectivity index (χ1n) is 5.34. The molecule has 1 saturated carbocycles. The van der Waals surface area contributed by atoms with Crippen molar-refractivity contribution < 1.29 is 5.11 Å². The fourth-order valence-electron chi connectivity index (χ4n) is 2.25. The molecule has 0 aromatic heterocycles. The number of likely N-dealkylation sites (tertiary alicyclic amines) is 1. The Balaban J connectivity index is 1.80. The highest BCUT2D eigenvalue weighted by atomic mass is 16.3. The molecule has 2 rings (SSSR count). The van der Waals surface area contributed by atoms with Gasteiger partial charge in [-0.1, -0.05) is 0 Å². The summed E-state index contributed by atoms with van der Waals surface area (Å²) in [4.78, 5) is 2.53. The first-order chi connectivity index (χ1) is 6.23. The molecule has 3 heteroatoms. The van der Waals surface area contributed by atoms with E-state index in [2.05, 4.69) is 10.2 Å². The molecule has 2 N–H and O–H groups in total. The molecule has 0 radical (unpaired) electrons. The van der Waals surface area contributed by atoms with Crippen molar-refractivity contribution in [2.24, 2.45) is 0 Å². The minimum absolute atomic E-state index is 0.430. The maximum absolute atomic E-state index is 10.1. The monoisotopic (exact) mass is 184 g/mol. The lowest BCUT2D eigenvalue weighted by atomic mass is 9.91. The fraction of sp³-hybridized carbons (Fsp3) is 1.00. The van der Waals surface area contributed by atoms with E-state index in [-0.39, 0.29) is 0 Å². The Morgan fingerprint density at radius 1 is 1.38 bits per heavy atom. The summed E-state index contributed by atoms with van der Waals surface area (Å²) < 4.78 is 0. The van der Waals surface area contributed by atoms with Crippen molar-refractivity contribution in [3.63, 3.8) is 0 Å². The van der Waals surface area contributed by atoms with Crippen molar-refractivity contribution in [3.05, 3.63) is 0 Å². The Morgan fingerprint density at radius 2 is 2.00 bits per heavy atom. The van der Waals surface area contributed by atoms with Gasteiger partial charge in [-0.2, -0.15) is 0 Å². The Kier molecular flexibility index (Phi) is 2.58. The second-order valence-corrected chi connectivity index (χ2v) is 4.52. The van der Waals surface area contributed by atoms with Crippen LogP contribution in [0, 0.1) is 0 Å². The fourth-order valence-corrected chi connectivity index (χ4v) is 2.25. The predicted octanol–water partition coefficient (Wildman–Crippen LogP) is 0.195. The van der Waals surface area contributed by atoms with Crippen LogP contribution in [0.2, 0.25) is 0 Å². The molecule has 1 heterocycles. The van der Waals surface area contributed by atoms with Crippen molar-refractivity contribution in [2.45, 2.75) is 37.3 Å². The second-order valence-electron chi connectivity index (χ2n) is 4.52. The number of hydrogen-bond acceptors (Lipinski definition) is 3. The van der Waals surface area contributed by atoms with Crippen LogP contribution in [0.5, 0.6) is 0 Å². The molecule has 1 aliphatic heterocycles. The molecular weight excluding hydrogens is 164 g/mol. The van der Waals surface area contributed by atoms with Gasteiger partial charge in [0.15, 0.2) is 0 Å². The Bertz CT molecular complexity index is 172. The highest BCUT2D eigenvalue weighted by Gasteiger charge is 2.37. The normalized spacial score (nSPS) is 29.1. The topological polar surface area (TPSA) is 35.5 Å². The number of aliphatic hydroxyl groups is 1. The highest BCUT2D eigenvalue weighted by Crippen LogP contribution is 2.31. The van der Waals surface area contributed by atoms with Gasteiger partial charge in [-0.25, -0.2) is 0 Å². The van der Waals surface area contributed by atoms with Gasteiger partial charge >= 0.3 is 0 Å². The van der Waals surface area contributed by atoms with Crippen LogP contribution in [0.15, 0.2) is 0 Å². The summed E-state index contributed by atoms with van der Waals surface area (Å²) in [5.41, 5.74) is -0.430. The van der Waals surface area contributed by atoms with Crippen LogP contribution in [-0.2, 0) is 0 Å². The van der Waals surface area contributed by atoms with E-state index in [0.29, 0.717) is 0 Å². The van der Waals surface area contributed by atoms with Gasteiger partial charge < -0.3 is 15.3 Å². The summed E-state index contributed by atoms with van der Waals surface area (Å²) in [5.74, 6) is 0. The lowest BCUT2D eigenvalue weighted by Crippen LogP contribution is -2.49. The minimum atomic E-state index is -0.430. The molecule has 0 spiro atoms. The van der Waals surface area contributed by atoms with Crippen molar-refractivity contribution in [1.29, 1.82) is 0 Å². The quantitative estimate of drug-likeness (QED) is 0.657. The molecular formula is C10H20N2O. The number of piperidine rings is 1. The van der Waals surface area contributed by atoms with E-state index in [4.69, 9.17) is 0 Å². The van der Waals surface area contributed by atoms with Gasteiger partial charge in [-0.3, -0.25) is 0 Å². The van der Waals surface area contributed by atoms with Crippen molar-refractivity contribution in [3.8, 4) is 0 Å². The third kappa shape index (κ3) is 2.22. The maximum atomic E-state index is 10.1. The number of rotatable bonds is 3. The zero-order valence-corrected chi connectivity index (χ0v) is 8.42. The lowest BCUT2D eigenvalue weighted by molar-refractivity contribution is -0.0203. The molecule has 1 aliphatic carbocycles. The lowest BCUT2D eigenvalue weighted by Gasteiger charge is -2.38. The summed E-state index contributed by atoms with van der Waals surface area (Å²) in [6, 6.07) is 0.860. The van der Waals surface area contributed by atoms with Gasteiger partial charge in [-0.15, -0.1) is 0 Å². The molecule has 0 aromatic carbocycles. The highest BCUT2D eigenvalue weighted by molar-refractivity contribution is 4.93. The molecule has 0 unspecified atom stereocenters. The average molecular weight is 184 g/mol. The Morgan fingerprint density at radius 3 is 2.46 bits per heavy atom. The van der Waals surface area contributed by atoms with Crippen LogP contribution in [0.3, 0.4) is 0 Å². The van der Waals surface area contributed by atoms with E-state index in [0.717, 1.165) is 38.5 Å². The third-order valence-electron chi connectivity index (χ3n) is 3.30. The first kappa shape index (κ1) is 9.44. The smallest absolute Gasteiger partial charge is 0.0795 e. The van der Waals surface area contributed by atoms with Crippen molar-refractivity contribution in [2.75, 3.05) is 26.7 Å². The second kappa shape index (κ2) is 3.56. The summed E-state index contributed by atoms with van der Waals surface area (Å²) in [6.45, 7) is 2.91. The van der Waals surface area contributed by atoms with Crippen LogP contribution in [0.25, 0.3) is 0 Å². The van der Waals surface area contributed by atoms with E-state index < -0.39 is 5.60 Å². The van der Waals surface area contributed by atoms with Gasteiger partial charge in [0.25, 0.3) is 0 Å². The Labute approximate surface area is 80.1 Å². The number of likely N-dealkylation sites (N-methyl/N-ethyl adjacent to an activating group) is 1. The molecule has 0 amide bonds. The van der Waals surface area contributed by atoms with Gasteiger partial charge in [-0.05, 0) is 32.7 Å². The average Bonchev–Trinajstić information content (AvgIpc) is 2.89.